The largest absolute Gasteiger partial charge is 0.307 e. The lowest BCUT2D eigenvalue weighted by Gasteiger charge is -2.30. The number of ketones is 1. The van der Waals surface area contributed by atoms with Crippen LogP contribution in [0.2, 0.25) is 0 Å². The lowest BCUT2D eigenvalue weighted by molar-refractivity contribution is 0.0954. The predicted molar refractivity (Wildman–Crippen MR) is 106 cm³/mol. The molecule has 0 saturated carbocycles. The number of benzene rings is 2. The van der Waals surface area contributed by atoms with Crippen molar-refractivity contribution in [2.45, 2.75) is 31.1 Å². The van der Waals surface area contributed by atoms with E-state index >= 15 is 0 Å². The van der Waals surface area contributed by atoms with Crippen LogP contribution in [0.4, 0.5) is 5.69 Å². The van der Waals surface area contributed by atoms with Crippen molar-refractivity contribution in [1.82, 2.24) is 4.31 Å². The Morgan fingerprint density at radius 1 is 0.964 bits per heavy atom. The maximum Gasteiger partial charge on any atom is 0.258 e. The van der Waals surface area contributed by atoms with Crippen molar-refractivity contribution >= 4 is 27.4 Å². The van der Waals surface area contributed by atoms with E-state index in [1.165, 1.54) is 16.4 Å². The van der Waals surface area contributed by atoms with Crippen LogP contribution in [0.3, 0.4) is 0 Å². The maximum atomic E-state index is 13.1. The molecule has 0 aromatic heterocycles. The SMILES string of the molecule is Cc1cccc2c1N(C(=O)c1ccc(S(=O)(=O)N3CCCC3)cc1)CCC2=O. The second-order valence-electron chi connectivity index (χ2n) is 7.24. The summed E-state index contributed by atoms with van der Waals surface area (Å²) in [6.07, 6.45) is 2.04. The molecule has 0 atom stereocenters. The molecule has 2 aliphatic heterocycles. The van der Waals surface area contributed by atoms with Crippen molar-refractivity contribution in [3.05, 3.63) is 59.2 Å². The Morgan fingerprint density at radius 3 is 2.32 bits per heavy atom. The van der Waals surface area contributed by atoms with E-state index in [0.29, 0.717) is 36.4 Å². The highest BCUT2D eigenvalue weighted by Gasteiger charge is 2.30. The van der Waals surface area contributed by atoms with Gasteiger partial charge in [-0.15, -0.1) is 0 Å². The summed E-state index contributed by atoms with van der Waals surface area (Å²) in [5.41, 5.74) is 2.49. The molecule has 0 N–H and O–H groups in total. The molecule has 2 aromatic carbocycles. The van der Waals surface area contributed by atoms with Crippen molar-refractivity contribution in [2.24, 2.45) is 0 Å². The summed E-state index contributed by atoms with van der Waals surface area (Å²) < 4.78 is 26.8. The summed E-state index contributed by atoms with van der Waals surface area (Å²) in [6.45, 7) is 3.29. The molecule has 0 radical (unpaired) electrons. The van der Waals surface area contributed by atoms with Crippen LogP contribution in [0.25, 0.3) is 0 Å². The molecule has 0 bridgehead atoms. The van der Waals surface area contributed by atoms with Crippen LogP contribution < -0.4 is 4.90 Å². The van der Waals surface area contributed by atoms with Gasteiger partial charge in [-0.25, -0.2) is 8.42 Å². The molecule has 146 valence electrons. The second-order valence-corrected chi connectivity index (χ2v) is 9.17. The number of hydrogen-bond donors (Lipinski definition) is 0. The first-order valence-corrected chi connectivity index (χ1v) is 10.9. The summed E-state index contributed by atoms with van der Waals surface area (Å²) in [5, 5.41) is 0. The summed E-state index contributed by atoms with van der Waals surface area (Å²) in [7, 11) is -3.50. The maximum absolute atomic E-state index is 13.1. The minimum atomic E-state index is -3.50. The number of Topliss-reactive ketones (excluding diaryl/α,β-unsaturated/α-hetero) is 1. The summed E-state index contributed by atoms with van der Waals surface area (Å²) in [5.74, 6) is -0.192. The zero-order valence-corrected chi connectivity index (χ0v) is 16.5. The molecule has 0 spiro atoms. The smallest absolute Gasteiger partial charge is 0.258 e. The van der Waals surface area contributed by atoms with Gasteiger partial charge >= 0.3 is 0 Å². The first-order chi connectivity index (χ1) is 13.4. The van der Waals surface area contributed by atoms with Gasteiger partial charge in [0.1, 0.15) is 0 Å². The van der Waals surface area contributed by atoms with Gasteiger partial charge < -0.3 is 4.90 Å². The number of aryl methyl sites for hydroxylation is 1. The number of anilines is 1. The van der Waals surface area contributed by atoms with Crippen molar-refractivity contribution < 1.29 is 18.0 Å². The zero-order chi connectivity index (χ0) is 19.9. The highest BCUT2D eigenvalue weighted by atomic mass is 32.2. The molecular weight excluding hydrogens is 376 g/mol. The quantitative estimate of drug-likeness (QED) is 0.797. The van der Waals surface area contributed by atoms with Gasteiger partial charge in [0.15, 0.2) is 5.78 Å². The highest BCUT2D eigenvalue weighted by molar-refractivity contribution is 7.89. The van der Waals surface area contributed by atoms with E-state index < -0.39 is 10.0 Å². The van der Waals surface area contributed by atoms with Crippen LogP contribution in [0.1, 0.15) is 45.5 Å². The fourth-order valence-corrected chi connectivity index (χ4v) is 5.43. The lowest BCUT2D eigenvalue weighted by Crippen LogP contribution is -2.38. The normalized spacial score (nSPS) is 17.6. The fraction of sp³-hybridized carbons (Fsp3) is 0.333. The highest BCUT2D eigenvalue weighted by Crippen LogP contribution is 2.32. The molecule has 1 fully saturated rings. The minimum Gasteiger partial charge on any atom is -0.307 e. The van der Waals surface area contributed by atoms with Crippen molar-refractivity contribution in [3.63, 3.8) is 0 Å². The van der Waals surface area contributed by atoms with Gasteiger partial charge in [0.05, 0.1) is 10.6 Å². The van der Waals surface area contributed by atoms with Crippen molar-refractivity contribution in [2.75, 3.05) is 24.5 Å². The first kappa shape index (κ1) is 18.8. The molecular formula is C21H22N2O4S. The van der Waals surface area contributed by atoms with Crippen LogP contribution in [0.5, 0.6) is 0 Å². The Morgan fingerprint density at radius 2 is 1.64 bits per heavy atom. The number of amides is 1. The fourth-order valence-electron chi connectivity index (χ4n) is 3.91. The standard InChI is InChI=1S/C21H22N2O4S/c1-15-5-4-6-18-19(24)11-14-23(20(15)18)21(25)16-7-9-17(10-8-16)28(26,27)22-12-2-3-13-22/h4-10H,2-3,11-14H2,1H3. The van der Waals surface area contributed by atoms with Crippen LogP contribution in [0.15, 0.2) is 47.4 Å². The average molecular weight is 398 g/mol. The van der Waals surface area contributed by atoms with Gasteiger partial charge in [-0.1, -0.05) is 12.1 Å². The average Bonchev–Trinajstić information content (AvgIpc) is 3.24. The Labute approximate surface area is 164 Å². The molecule has 1 amide bonds. The van der Waals surface area contributed by atoms with Crippen LogP contribution in [-0.4, -0.2) is 44.0 Å². The molecule has 0 unspecified atom stereocenters. The molecule has 2 heterocycles. The molecule has 4 rings (SSSR count). The van der Waals surface area contributed by atoms with Gasteiger partial charge in [-0.2, -0.15) is 4.31 Å². The molecule has 28 heavy (non-hydrogen) atoms. The monoisotopic (exact) mass is 398 g/mol. The number of fused-ring (bicyclic) bond motifs is 1. The number of carbonyl (C=O) groups is 2. The topological polar surface area (TPSA) is 74.8 Å². The Balaban J connectivity index is 1.63. The molecule has 2 aliphatic rings. The van der Waals surface area contributed by atoms with Crippen LogP contribution in [-0.2, 0) is 10.0 Å². The van der Waals surface area contributed by atoms with E-state index in [4.69, 9.17) is 0 Å². The zero-order valence-electron chi connectivity index (χ0n) is 15.7. The number of hydrogen-bond acceptors (Lipinski definition) is 4. The molecule has 7 heteroatoms. The predicted octanol–water partition coefficient (Wildman–Crippen LogP) is 3.01. The van der Waals surface area contributed by atoms with E-state index in [0.717, 1.165) is 18.4 Å². The van der Waals surface area contributed by atoms with Gasteiger partial charge in [0, 0.05) is 37.2 Å². The summed E-state index contributed by atoms with van der Waals surface area (Å²) in [4.78, 5) is 27.1. The van der Waals surface area contributed by atoms with Crippen LogP contribution in [0, 0.1) is 6.92 Å². The van der Waals surface area contributed by atoms with E-state index in [-0.39, 0.29) is 23.0 Å². The van der Waals surface area contributed by atoms with Gasteiger partial charge in [-0.05, 0) is 55.7 Å². The number of nitrogens with zero attached hydrogens (tertiary/aromatic N) is 2. The van der Waals surface area contributed by atoms with Gasteiger partial charge in [0.25, 0.3) is 5.91 Å². The van der Waals surface area contributed by atoms with Gasteiger partial charge in [-0.3, -0.25) is 9.59 Å². The summed E-state index contributed by atoms with van der Waals surface area (Å²) >= 11 is 0. The number of carbonyl (C=O) groups excluding carboxylic acids is 2. The Kier molecular flexibility index (Phi) is 4.81. The van der Waals surface area contributed by atoms with Crippen molar-refractivity contribution in [3.8, 4) is 0 Å². The second kappa shape index (κ2) is 7.14. The Bertz CT molecular complexity index is 1040. The third kappa shape index (κ3) is 3.14. The number of para-hydroxylation sites is 1. The van der Waals surface area contributed by atoms with E-state index in [1.54, 1.807) is 23.1 Å². The molecule has 0 aliphatic carbocycles. The van der Waals surface area contributed by atoms with E-state index in [2.05, 4.69) is 0 Å². The summed E-state index contributed by atoms with van der Waals surface area (Å²) in [6, 6.07) is 11.5. The Hall–Kier alpha value is -2.51. The third-order valence-electron chi connectivity index (χ3n) is 5.42. The third-order valence-corrected chi connectivity index (χ3v) is 7.33. The van der Waals surface area contributed by atoms with E-state index in [1.807, 2.05) is 19.1 Å². The van der Waals surface area contributed by atoms with Crippen LogP contribution >= 0.6 is 0 Å². The number of rotatable bonds is 3. The number of sulfonamides is 1. The van der Waals surface area contributed by atoms with Crippen molar-refractivity contribution in [1.29, 1.82) is 0 Å². The molecule has 1 saturated heterocycles. The molecule has 2 aromatic rings. The van der Waals surface area contributed by atoms with Gasteiger partial charge in [0.2, 0.25) is 10.0 Å². The first-order valence-electron chi connectivity index (χ1n) is 9.44. The molecule has 6 nitrogen and oxygen atoms in total. The minimum absolute atomic E-state index is 0.0369. The lowest BCUT2D eigenvalue weighted by atomic mass is 9.96. The van der Waals surface area contributed by atoms with E-state index in [9.17, 15) is 18.0 Å².